The second kappa shape index (κ2) is 7.98. The zero-order valence-electron chi connectivity index (χ0n) is 17.7. The number of para-hydroxylation sites is 1. The van der Waals surface area contributed by atoms with Crippen LogP contribution in [0, 0.1) is 5.92 Å². The van der Waals surface area contributed by atoms with E-state index in [4.69, 9.17) is 14.5 Å². The molecule has 0 saturated heterocycles. The summed E-state index contributed by atoms with van der Waals surface area (Å²) in [6, 6.07) is 15.8. The molecule has 162 valence electrons. The Kier molecular flexibility index (Phi) is 4.96. The summed E-state index contributed by atoms with van der Waals surface area (Å²) in [7, 11) is 0. The molecule has 7 heteroatoms. The fourth-order valence-corrected chi connectivity index (χ4v) is 6.83. The Morgan fingerprint density at radius 3 is 2.88 bits per heavy atom. The summed E-state index contributed by atoms with van der Waals surface area (Å²) >= 11 is 3.28. The van der Waals surface area contributed by atoms with Gasteiger partial charge in [0.05, 0.1) is 11.1 Å². The molecule has 32 heavy (non-hydrogen) atoms. The average molecular weight is 463 g/mol. The minimum Gasteiger partial charge on any atom is -0.454 e. The molecule has 4 aromatic rings. The third-order valence-corrected chi connectivity index (χ3v) is 8.28. The van der Waals surface area contributed by atoms with Crippen molar-refractivity contribution < 1.29 is 9.47 Å². The molecule has 2 aromatic carbocycles. The monoisotopic (exact) mass is 462 g/mol. The van der Waals surface area contributed by atoms with Gasteiger partial charge in [0.15, 0.2) is 16.7 Å². The lowest BCUT2D eigenvalue weighted by atomic mass is 9.89. The highest BCUT2D eigenvalue weighted by atomic mass is 32.2. The number of thioether (sulfide) groups is 1. The summed E-state index contributed by atoms with van der Waals surface area (Å²) in [6.45, 7) is 2.55. The van der Waals surface area contributed by atoms with Crippen LogP contribution in [0.2, 0.25) is 0 Å². The highest BCUT2D eigenvalue weighted by Gasteiger charge is 2.25. The van der Waals surface area contributed by atoms with Crippen LogP contribution in [0.3, 0.4) is 0 Å². The van der Waals surface area contributed by atoms with Gasteiger partial charge in [-0.15, -0.1) is 11.3 Å². The quantitative estimate of drug-likeness (QED) is 0.292. The van der Waals surface area contributed by atoms with Gasteiger partial charge in [-0.2, -0.15) is 0 Å². The van der Waals surface area contributed by atoms with Crippen molar-refractivity contribution in [2.24, 2.45) is 5.92 Å². The van der Waals surface area contributed by atoms with Crippen molar-refractivity contribution in [1.29, 1.82) is 0 Å². The number of hydrogen-bond donors (Lipinski definition) is 0. The van der Waals surface area contributed by atoms with Gasteiger partial charge in [-0.1, -0.05) is 43.0 Å². The van der Waals surface area contributed by atoms with Gasteiger partial charge in [-0.25, -0.2) is 4.98 Å². The second-order valence-electron chi connectivity index (χ2n) is 8.38. The predicted molar refractivity (Wildman–Crippen MR) is 129 cm³/mol. The van der Waals surface area contributed by atoms with E-state index in [1.807, 2.05) is 48.5 Å². The molecule has 1 unspecified atom stereocenters. The summed E-state index contributed by atoms with van der Waals surface area (Å²) in [5.41, 5.74) is 3.22. The van der Waals surface area contributed by atoms with Crippen LogP contribution in [0.1, 0.15) is 29.3 Å². The Labute approximate surface area is 194 Å². The zero-order valence-corrected chi connectivity index (χ0v) is 19.3. The van der Waals surface area contributed by atoms with Gasteiger partial charge in [0.2, 0.25) is 6.79 Å². The maximum absolute atomic E-state index is 13.8. The Hall–Kier alpha value is -2.77. The van der Waals surface area contributed by atoms with Gasteiger partial charge in [-0.05, 0) is 60.6 Å². The third kappa shape index (κ3) is 3.40. The van der Waals surface area contributed by atoms with Crippen molar-refractivity contribution in [2.75, 3.05) is 6.79 Å². The summed E-state index contributed by atoms with van der Waals surface area (Å²) < 4.78 is 12.7. The van der Waals surface area contributed by atoms with E-state index in [2.05, 4.69) is 6.92 Å². The van der Waals surface area contributed by atoms with Crippen LogP contribution >= 0.6 is 23.1 Å². The number of aryl methyl sites for hydroxylation is 1. The fraction of sp³-hybridized carbons (Fsp3) is 0.280. The highest BCUT2D eigenvalue weighted by molar-refractivity contribution is 7.98. The van der Waals surface area contributed by atoms with Crippen molar-refractivity contribution in [3.63, 3.8) is 0 Å². The number of nitrogens with zero attached hydrogens (tertiary/aromatic N) is 2. The number of aromatic nitrogens is 2. The van der Waals surface area contributed by atoms with E-state index in [9.17, 15) is 4.79 Å². The first-order valence-electron chi connectivity index (χ1n) is 10.8. The lowest BCUT2D eigenvalue weighted by Crippen LogP contribution is -2.22. The standard InChI is InChI=1S/C25H22N2O3S2/c1-15-7-9-18-21(11-15)32-23-22(18)24(28)27(17-5-3-2-4-6-17)25(26-23)31-13-16-8-10-19-20(12-16)30-14-29-19/h2-6,8,10,12,15H,7,9,11,13-14H2,1H3. The topological polar surface area (TPSA) is 53.4 Å². The minimum absolute atomic E-state index is 0.0430. The van der Waals surface area contributed by atoms with Crippen LogP contribution < -0.4 is 15.0 Å². The minimum atomic E-state index is 0.0430. The number of hydrogen-bond acceptors (Lipinski definition) is 6. The summed E-state index contributed by atoms with van der Waals surface area (Å²) in [4.78, 5) is 21.0. The molecule has 3 heterocycles. The molecule has 2 aliphatic rings. The van der Waals surface area contributed by atoms with Crippen molar-refractivity contribution in [2.45, 2.75) is 37.1 Å². The Morgan fingerprint density at radius 1 is 1.16 bits per heavy atom. The molecule has 0 spiro atoms. The lowest BCUT2D eigenvalue weighted by molar-refractivity contribution is 0.174. The SMILES string of the molecule is CC1CCc2c(sc3nc(SCc4ccc5c(c4)OCO5)n(-c4ccccc4)c(=O)c23)C1. The van der Waals surface area contributed by atoms with E-state index < -0.39 is 0 Å². The number of fused-ring (bicyclic) bond motifs is 4. The van der Waals surface area contributed by atoms with Gasteiger partial charge in [0.25, 0.3) is 5.56 Å². The average Bonchev–Trinajstić information content (AvgIpc) is 3.41. The van der Waals surface area contributed by atoms with Crippen molar-refractivity contribution >= 4 is 33.3 Å². The number of thiophene rings is 1. The summed E-state index contributed by atoms with van der Waals surface area (Å²) in [5, 5.41) is 1.53. The number of rotatable bonds is 4. The third-order valence-electron chi connectivity index (χ3n) is 6.12. The van der Waals surface area contributed by atoms with Gasteiger partial charge in [0, 0.05) is 10.6 Å². The van der Waals surface area contributed by atoms with Crippen LogP contribution in [0.5, 0.6) is 11.5 Å². The van der Waals surface area contributed by atoms with E-state index in [1.54, 1.807) is 27.7 Å². The molecule has 1 aliphatic heterocycles. The highest BCUT2D eigenvalue weighted by Crippen LogP contribution is 2.38. The molecule has 0 saturated carbocycles. The van der Waals surface area contributed by atoms with E-state index in [0.29, 0.717) is 11.7 Å². The molecular formula is C25H22N2O3S2. The smallest absolute Gasteiger partial charge is 0.267 e. The van der Waals surface area contributed by atoms with Crippen LogP contribution in [0.15, 0.2) is 58.5 Å². The second-order valence-corrected chi connectivity index (χ2v) is 10.4. The van der Waals surface area contributed by atoms with Crippen LogP contribution in [0.25, 0.3) is 15.9 Å². The van der Waals surface area contributed by atoms with E-state index in [1.165, 1.54) is 10.4 Å². The first kappa shape index (κ1) is 19.9. The Morgan fingerprint density at radius 2 is 2.00 bits per heavy atom. The molecule has 1 aliphatic carbocycles. The molecular weight excluding hydrogens is 440 g/mol. The molecule has 0 bridgehead atoms. The van der Waals surface area contributed by atoms with Gasteiger partial charge in [-0.3, -0.25) is 9.36 Å². The first-order valence-corrected chi connectivity index (χ1v) is 12.6. The fourth-order valence-electron chi connectivity index (χ4n) is 4.45. The van der Waals surface area contributed by atoms with E-state index in [-0.39, 0.29) is 12.4 Å². The molecule has 1 atom stereocenters. The van der Waals surface area contributed by atoms with Crippen LogP contribution in [-0.4, -0.2) is 16.3 Å². The normalized spacial score (nSPS) is 17.0. The molecule has 0 fully saturated rings. The zero-order chi connectivity index (χ0) is 21.7. The molecule has 2 aromatic heterocycles. The Balaban J connectivity index is 1.45. The van der Waals surface area contributed by atoms with E-state index >= 15 is 0 Å². The lowest BCUT2D eigenvalue weighted by Gasteiger charge is -2.17. The van der Waals surface area contributed by atoms with Gasteiger partial charge in [0.1, 0.15) is 4.83 Å². The Bertz CT molecular complexity index is 1380. The maximum Gasteiger partial charge on any atom is 0.267 e. The maximum atomic E-state index is 13.8. The molecule has 0 amide bonds. The predicted octanol–water partition coefficient (Wildman–Crippen LogP) is 5.59. The van der Waals surface area contributed by atoms with Crippen molar-refractivity contribution in [3.8, 4) is 17.2 Å². The molecule has 5 nitrogen and oxygen atoms in total. The van der Waals surface area contributed by atoms with E-state index in [0.717, 1.165) is 57.4 Å². The van der Waals surface area contributed by atoms with Gasteiger partial charge >= 0.3 is 0 Å². The summed E-state index contributed by atoms with van der Waals surface area (Å²) in [6.07, 6.45) is 3.14. The summed E-state index contributed by atoms with van der Waals surface area (Å²) in [5.74, 6) is 2.89. The molecule has 0 N–H and O–H groups in total. The number of benzene rings is 2. The first-order chi connectivity index (χ1) is 15.7. The van der Waals surface area contributed by atoms with Crippen molar-refractivity contribution in [1.82, 2.24) is 9.55 Å². The molecule has 6 rings (SSSR count). The van der Waals surface area contributed by atoms with Crippen LogP contribution in [-0.2, 0) is 18.6 Å². The number of ether oxygens (including phenoxy) is 2. The van der Waals surface area contributed by atoms with Crippen molar-refractivity contribution in [3.05, 3.63) is 74.9 Å². The van der Waals surface area contributed by atoms with Crippen LogP contribution in [0.4, 0.5) is 0 Å². The van der Waals surface area contributed by atoms with Gasteiger partial charge < -0.3 is 9.47 Å². The molecule has 0 radical (unpaired) electrons. The largest absolute Gasteiger partial charge is 0.454 e.